The zero-order valence-corrected chi connectivity index (χ0v) is 15.7. The van der Waals surface area contributed by atoms with E-state index in [1.54, 1.807) is 13.8 Å². The van der Waals surface area contributed by atoms with Crippen molar-refractivity contribution >= 4 is 20.3 Å². The molecule has 6 heteroatoms. The number of hydrogen-bond acceptors (Lipinski definition) is 5. The highest BCUT2D eigenvalue weighted by Crippen LogP contribution is 2.44. The predicted molar refractivity (Wildman–Crippen MR) is 86.6 cm³/mol. The first-order valence-corrected chi connectivity index (χ1v) is 11.1. The Bertz CT molecular complexity index is 464. The first kappa shape index (κ1) is 18.7. The van der Waals surface area contributed by atoms with Crippen LogP contribution >= 0.6 is 0 Å². The minimum Gasteiger partial charge on any atom is -0.548 e. The van der Waals surface area contributed by atoms with Gasteiger partial charge in [0.05, 0.1) is 19.0 Å². The third-order valence-electron chi connectivity index (χ3n) is 3.69. The number of rotatable bonds is 5. The molecule has 1 rings (SSSR count). The highest BCUT2D eigenvalue weighted by atomic mass is 28.4. The molecule has 0 amide bonds. The topological polar surface area (TPSA) is 61.8 Å². The van der Waals surface area contributed by atoms with Gasteiger partial charge in [0.1, 0.15) is 0 Å². The zero-order chi connectivity index (χ0) is 17.1. The molecule has 0 heterocycles. The molecule has 0 N–H and O–H groups in total. The lowest BCUT2D eigenvalue weighted by molar-refractivity contribution is -0.178. The molecule has 0 saturated heterocycles. The Labute approximate surface area is 134 Å². The van der Waals surface area contributed by atoms with E-state index in [9.17, 15) is 9.59 Å². The van der Waals surface area contributed by atoms with Crippen LogP contribution in [0.4, 0.5) is 0 Å². The van der Waals surface area contributed by atoms with Crippen LogP contribution in [0.15, 0.2) is 11.8 Å². The zero-order valence-electron chi connectivity index (χ0n) is 14.7. The van der Waals surface area contributed by atoms with Crippen molar-refractivity contribution in [1.29, 1.82) is 0 Å². The van der Waals surface area contributed by atoms with Crippen LogP contribution in [0, 0.1) is 11.3 Å². The molecule has 5 nitrogen and oxygen atoms in total. The minimum atomic E-state index is -1.81. The first-order valence-electron chi connectivity index (χ1n) is 7.70. The van der Waals surface area contributed by atoms with Crippen molar-refractivity contribution in [2.45, 2.75) is 59.4 Å². The van der Waals surface area contributed by atoms with Crippen LogP contribution in [0.25, 0.3) is 0 Å². The first-order chi connectivity index (χ1) is 10.0. The van der Waals surface area contributed by atoms with Crippen molar-refractivity contribution in [2.75, 3.05) is 7.11 Å². The summed E-state index contributed by atoms with van der Waals surface area (Å²) >= 11 is 0. The molecule has 0 bridgehead atoms. The molecule has 1 aliphatic rings. The molecule has 0 spiro atoms. The molecule has 0 fully saturated rings. The maximum Gasteiger partial charge on any atom is 0.324 e. The fourth-order valence-corrected chi connectivity index (χ4v) is 3.58. The molecule has 0 aromatic heterocycles. The third kappa shape index (κ3) is 4.12. The van der Waals surface area contributed by atoms with Crippen molar-refractivity contribution < 1.29 is 23.5 Å². The van der Waals surface area contributed by atoms with Gasteiger partial charge in [0, 0.05) is 6.42 Å². The number of ether oxygens (including phenoxy) is 2. The van der Waals surface area contributed by atoms with E-state index in [-0.39, 0.29) is 18.4 Å². The van der Waals surface area contributed by atoms with E-state index in [1.165, 1.54) is 7.11 Å². The fraction of sp³-hybridized carbons (Fsp3) is 0.750. The lowest BCUT2D eigenvalue weighted by Crippen LogP contribution is -2.49. The minimum absolute atomic E-state index is 0.194. The molecule has 2 atom stereocenters. The van der Waals surface area contributed by atoms with Gasteiger partial charge in [0.2, 0.25) is 8.32 Å². The third-order valence-corrected chi connectivity index (χ3v) is 4.56. The smallest absolute Gasteiger partial charge is 0.324 e. The Kier molecular flexibility index (Phi) is 5.84. The SMILES string of the molecule is COC(=O)[C@@]1(C(=O)OC(C)C)CC(O[Si](C)(C)C)=CC[C@@H]1C. The largest absolute Gasteiger partial charge is 0.548 e. The van der Waals surface area contributed by atoms with Gasteiger partial charge in [-0.25, -0.2) is 0 Å². The van der Waals surface area contributed by atoms with Gasteiger partial charge < -0.3 is 13.9 Å². The summed E-state index contributed by atoms with van der Waals surface area (Å²) < 4.78 is 16.3. The van der Waals surface area contributed by atoms with E-state index in [0.717, 1.165) is 0 Å². The van der Waals surface area contributed by atoms with Gasteiger partial charge in [-0.2, -0.15) is 0 Å². The lowest BCUT2D eigenvalue weighted by Gasteiger charge is -2.39. The summed E-state index contributed by atoms with van der Waals surface area (Å²) in [6.45, 7) is 11.6. The monoisotopic (exact) mass is 328 g/mol. The summed E-state index contributed by atoms with van der Waals surface area (Å²) in [6, 6.07) is 0. The van der Waals surface area contributed by atoms with Crippen LogP contribution < -0.4 is 0 Å². The van der Waals surface area contributed by atoms with E-state index in [4.69, 9.17) is 13.9 Å². The molecule has 0 saturated carbocycles. The van der Waals surface area contributed by atoms with Crippen LogP contribution in [-0.4, -0.2) is 33.5 Å². The predicted octanol–water partition coefficient (Wildman–Crippen LogP) is 3.26. The number of hydrogen-bond donors (Lipinski definition) is 0. The summed E-state index contributed by atoms with van der Waals surface area (Å²) in [5.74, 6) is -0.564. The van der Waals surface area contributed by atoms with Gasteiger partial charge in [-0.05, 0) is 51.9 Å². The summed E-state index contributed by atoms with van der Waals surface area (Å²) in [5.41, 5.74) is -1.32. The summed E-state index contributed by atoms with van der Waals surface area (Å²) in [6.07, 6.45) is 2.49. The van der Waals surface area contributed by atoms with Gasteiger partial charge in [-0.3, -0.25) is 9.59 Å². The molecule has 22 heavy (non-hydrogen) atoms. The van der Waals surface area contributed by atoms with Crippen molar-refractivity contribution in [3.05, 3.63) is 11.8 Å². The molecular formula is C16H28O5Si. The average Bonchev–Trinajstić information content (AvgIpc) is 2.37. The van der Waals surface area contributed by atoms with Crippen LogP contribution in [0.3, 0.4) is 0 Å². The van der Waals surface area contributed by atoms with Crippen molar-refractivity contribution in [3.63, 3.8) is 0 Å². The molecule has 0 radical (unpaired) electrons. The van der Waals surface area contributed by atoms with Crippen molar-refractivity contribution in [1.82, 2.24) is 0 Å². The van der Waals surface area contributed by atoms with E-state index in [1.807, 2.05) is 13.0 Å². The van der Waals surface area contributed by atoms with Crippen LogP contribution in [-0.2, 0) is 23.5 Å². The van der Waals surface area contributed by atoms with Crippen LogP contribution in [0.1, 0.15) is 33.6 Å². The summed E-state index contributed by atoms with van der Waals surface area (Å²) in [7, 11) is -0.511. The van der Waals surface area contributed by atoms with Crippen LogP contribution in [0.2, 0.25) is 19.6 Å². The molecule has 1 aliphatic carbocycles. The quantitative estimate of drug-likeness (QED) is 0.440. The maximum atomic E-state index is 12.7. The highest BCUT2D eigenvalue weighted by molar-refractivity contribution is 6.70. The van der Waals surface area contributed by atoms with E-state index in [2.05, 4.69) is 19.6 Å². The summed E-state index contributed by atoms with van der Waals surface area (Å²) in [5, 5.41) is 0. The van der Waals surface area contributed by atoms with Crippen LogP contribution in [0.5, 0.6) is 0 Å². The van der Waals surface area contributed by atoms with Crippen molar-refractivity contribution in [3.8, 4) is 0 Å². The number of methoxy groups -OCH3 is 1. The molecule has 0 unspecified atom stereocenters. The molecule has 126 valence electrons. The number of carbonyl (C=O) groups excluding carboxylic acids is 2. The Balaban J connectivity index is 3.17. The molecule has 0 aromatic rings. The second-order valence-electron chi connectivity index (χ2n) is 7.12. The maximum absolute atomic E-state index is 12.7. The molecule has 0 aromatic carbocycles. The highest BCUT2D eigenvalue weighted by Gasteiger charge is 2.55. The fourth-order valence-electron chi connectivity index (χ4n) is 2.63. The van der Waals surface area contributed by atoms with Crippen molar-refractivity contribution in [2.24, 2.45) is 11.3 Å². The van der Waals surface area contributed by atoms with E-state index < -0.39 is 25.7 Å². The molecular weight excluding hydrogens is 300 g/mol. The Morgan fingerprint density at radius 1 is 1.27 bits per heavy atom. The second kappa shape index (κ2) is 6.85. The lowest BCUT2D eigenvalue weighted by atomic mass is 9.68. The summed E-state index contributed by atoms with van der Waals surface area (Å²) in [4.78, 5) is 25.1. The van der Waals surface area contributed by atoms with Gasteiger partial charge in [0.25, 0.3) is 0 Å². The Morgan fingerprint density at radius 3 is 2.32 bits per heavy atom. The standard InChI is InChI=1S/C16H28O5Si/c1-11(2)20-15(18)16(14(17)19-4)10-13(9-8-12(16)3)21-22(5,6)7/h9,11-12H,8,10H2,1-7H3/t12-,16+/m0/s1. The van der Waals surface area contributed by atoms with Gasteiger partial charge >= 0.3 is 11.9 Å². The van der Waals surface area contributed by atoms with Gasteiger partial charge in [0.15, 0.2) is 5.41 Å². The van der Waals surface area contributed by atoms with E-state index >= 15 is 0 Å². The van der Waals surface area contributed by atoms with Gasteiger partial charge in [-0.1, -0.05) is 6.92 Å². The Morgan fingerprint density at radius 2 is 1.86 bits per heavy atom. The Hall–Kier alpha value is -1.30. The number of esters is 2. The van der Waals surface area contributed by atoms with E-state index in [0.29, 0.717) is 12.2 Å². The number of allylic oxidation sites excluding steroid dienone is 2. The van der Waals surface area contributed by atoms with Gasteiger partial charge in [-0.15, -0.1) is 0 Å². The normalized spacial score (nSPS) is 25.5. The average molecular weight is 328 g/mol. The second-order valence-corrected chi connectivity index (χ2v) is 11.5. The number of carbonyl (C=O) groups is 2. The molecule has 0 aliphatic heterocycles.